The van der Waals surface area contributed by atoms with E-state index in [4.69, 9.17) is 4.74 Å². The number of hydrogen-bond donors (Lipinski definition) is 1. The summed E-state index contributed by atoms with van der Waals surface area (Å²) in [6.45, 7) is 3.82. The Kier molecular flexibility index (Phi) is 4.79. The number of methoxy groups -OCH3 is 1. The number of nitro benzene ring substituents is 1. The van der Waals surface area contributed by atoms with Gasteiger partial charge in [-0.25, -0.2) is 0 Å². The van der Waals surface area contributed by atoms with E-state index in [2.05, 4.69) is 5.32 Å². The van der Waals surface area contributed by atoms with E-state index in [1.54, 1.807) is 33.1 Å². The third-order valence-electron chi connectivity index (χ3n) is 2.46. The number of ether oxygens (including phenoxy) is 1. The topological polar surface area (TPSA) is 81.5 Å². The van der Waals surface area contributed by atoms with Crippen molar-refractivity contribution in [2.45, 2.75) is 19.9 Å². The van der Waals surface area contributed by atoms with Crippen LogP contribution in [0, 0.1) is 17.0 Å². The molecule has 0 aromatic heterocycles. The zero-order chi connectivity index (χ0) is 13.7. The normalized spacial score (nSPS) is 11.9. The average Bonchev–Trinajstić information content (AvgIpc) is 2.29. The second-order valence-corrected chi connectivity index (χ2v) is 4.09. The molecule has 6 heteroatoms. The summed E-state index contributed by atoms with van der Waals surface area (Å²) in [7, 11) is 1.54. The summed E-state index contributed by atoms with van der Waals surface area (Å²) in [5.41, 5.74) is 0.749. The molecule has 0 heterocycles. The predicted molar refractivity (Wildman–Crippen MR) is 66.6 cm³/mol. The monoisotopic (exact) mass is 252 g/mol. The maximum Gasteiger partial charge on any atom is 0.273 e. The van der Waals surface area contributed by atoms with Crippen LogP contribution in [0.2, 0.25) is 0 Å². The Morgan fingerprint density at radius 3 is 2.78 bits per heavy atom. The van der Waals surface area contributed by atoms with Gasteiger partial charge < -0.3 is 10.1 Å². The fraction of sp³-hybridized carbons (Fsp3) is 0.417. The Hall–Kier alpha value is -1.95. The summed E-state index contributed by atoms with van der Waals surface area (Å²) in [5.74, 6) is -0.345. The molecule has 18 heavy (non-hydrogen) atoms. The molecule has 0 bridgehead atoms. The van der Waals surface area contributed by atoms with Crippen LogP contribution >= 0.6 is 0 Å². The molecule has 1 N–H and O–H groups in total. The molecule has 0 aliphatic heterocycles. The molecule has 1 aromatic carbocycles. The van der Waals surface area contributed by atoms with E-state index in [-0.39, 0.29) is 23.2 Å². The Morgan fingerprint density at radius 2 is 2.22 bits per heavy atom. The first-order chi connectivity index (χ1) is 8.45. The van der Waals surface area contributed by atoms with Gasteiger partial charge in [0.05, 0.1) is 11.5 Å². The lowest BCUT2D eigenvalue weighted by Crippen LogP contribution is -2.35. The van der Waals surface area contributed by atoms with E-state index >= 15 is 0 Å². The highest BCUT2D eigenvalue weighted by molar-refractivity contribution is 5.95. The van der Waals surface area contributed by atoms with E-state index in [1.807, 2.05) is 0 Å². The zero-order valence-corrected chi connectivity index (χ0v) is 10.6. The van der Waals surface area contributed by atoms with Crippen molar-refractivity contribution in [1.82, 2.24) is 5.32 Å². The molecule has 0 saturated heterocycles. The number of amides is 1. The van der Waals surface area contributed by atoms with Gasteiger partial charge in [-0.15, -0.1) is 0 Å². The molecule has 0 spiro atoms. The van der Waals surface area contributed by atoms with Crippen molar-refractivity contribution in [1.29, 1.82) is 0 Å². The highest BCUT2D eigenvalue weighted by Gasteiger charge is 2.16. The van der Waals surface area contributed by atoms with Crippen molar-refractivity contribution in [2.75, 3.05) is 13.7 Å². The standard InChI is InChI=1S/C12H16N2O4/c1-8-4-5-10(6-11(8)14(16)17)12(15)13-9(2)7-18-3/h4-6,9H,7H2,1-3H3,(H,13,15)/t9-/m1/s1. The Bertz CT molecular complexity index is 459. The molecule has 1 atom stereocenters. The molecule has 0 fully saturated rings. The third-order valence-corrected chi connectivity index (χ3v) is 2.46. The quantitative estimate of drug-likeness (QED) is 0.638. The van der Waals surface area contributed by atoms with E-state index in [0.29, 0.717) is 12.2 Å². The molecule has 98 valence electrons. The number of benzene rings is 1. The van der Waals surface area contributed by atoms with Crippen molar-refractivity contribution in [3.8, 4) is 0 Å². The van der Waals surface area contributed by atoms with Crippen LogP contribution in [0.15, 0.2) is 18.2 Å². The summed E-state index contributed by atoms with van der Waals surface area (Å²) in [6.07, 6.45) is 0. The van der Waals surface area contributed by atoms with Crippen LogP contribution in [0.1, 0.15) is 22.8 Å². The molecular formula is C12H16N2O4. The number of aryl methyl sites for hydroxylation is 1. The minimum atomic E-state index is -0.495. The fourth-order valence-electron chi connectivity index (χ4n) is 1.55. The van der Waals surface area contributed by atoms with Gasteiger partial charge in [0.15, 0.2) is 0 Å². The third kappa shape index (κ3) is 3.53. The van der Waals surface area contributed by atoms with Gasteiger partial charge in [-0.2, -0.15) is 0 Å². The van der Waals surface area contributed by atoms with Crippen molar-refractivity contribution in [3.63, 3.8) is 0 Å². The Labute approximate surface area is 105 Å². The average molecular weight is 252 g/mol. The van der Waals surface area contributed by atoms with E-state index in [1.165, 1.54) is 6.07 Å². The first-order valence-electron chi connectivity index (χ1n) is 5.50. The SMILES string of the molecule is COC[C@@H](C)NC(=O)c1ccc(C)c([N+](=O)[O-])c1. The maximum absolute atomic E-state index is 11.8. The number of carbonyl (C=O) groups excluding carboxylic acids is 1. The maximum atomic E-state index is 11.8. The summed E-state index contributed by atoms with van der Waals surface area (Å²) < 4.78 is 4.90. The first kappa shape index (κ1) is 14.1. The van der Waals surface area contributed by atoms with E-state index < -0.39 is 4.92 Å². The highest BCUT2D eigenvalue weighted by atomic mass is 16.6. The second-order valence-electron chi connectivity index (χ2n) is 4.09. The molecule has 0 aliphatic rings. The summed E-state index contributed by atoms with van der Waals surface area (Å²) in [5, 5.41) is 13.5. The van der Waals surface area contributed by atoms with Crippen molar-refractivity contribution >= 4 is 11.6 Å². The number of nitrogens with zero attached hydrogens (tertiary/aromatic N) is 1. The van der Waals surface area contributed by atoms with Gasteiger partial charge in [-0.05, 0) is 19.9 Å². The molecule has 0 radical (unpaired) electrons. The van der Waals surface area contributed by atoms with Crippen LogP contribution in [0.5, 0.6) is 0 Å². The van der Waals surface area contributed by atoms with Crippen molar-refractivity contribution < 1.29 is 14.5 Å². The molecule has 6 nitrogen and oxygen atoms in total. The zero-order valence-electron chi connectivity index (χ0n) is 10.6. The van der Waals surface area contributed by atoms with Gasteiger partial charge in [0.2, 0.25) is 0 Å². The first-order valence-corrected chi connectivity index (χ1v) is 5.50. The van der Waals surface area contributed by atoms with Crippen molar-refractivity contribution in [3.05, 3.63) is 39.4 Å². The van der Waals surface area contributed by atoms with Crippen LogP contribution < -0.4 is 5.32 Å². The van der Waals surface area contributed by atoms with Gasteiger partial charge in [0.25, 0.3) is 11.6 Å². The smallest absolute Gasteiger partial charge is 0.273 e. The molecule has 1 amide bonds. The van der Waals surface area contributed by atoms with Gasteiger partial charge in [-0.3, -0.25) is 14.9 Å². The van der Waals surface area contributed by atoms with E-state index in [9.17, 15) is 14.9 Å². The number of nitrogens with one attached hydrogen (secondary N) is 1. The molecule has 1 aromatic rings. The van der Waals surface area contributed by atoms with Gasteiger partial charge >= 0.3 is 0 Å². The van der Waals surface area contributed by atoms with Gasteiger partial charge in [0, 0.05) is 30.3 Å². The van der Waals surface area contributed by atoms with Crippen LogP contribution in [0.3, 0.4) is 0 Å². The van der Waals surface area contributed by atoms with E-state index in [0.717, 1.165) is 0 Å². The molecule has 0 saturated carbocycles. The largest absolute Gasteiger partial charge is 0.383 e. The fourth-order valence-corrected chi connectivity index (χ4v) is 1.55. The van der Waals surface area contributed by atoms with Crippen molar-refractivity contribution in [2.24, 2.45) is 0 Å². The lowest BCUT2D eigenvalue weighted by molar-refractivity contribution is -0.385. The molecule has 1 rings (SSSR count). The molecule has 0 aliphatic carbocycles. The minimum absolute atomic E-state index is 0.0537. The highest BCUT2D eigenvalue weighted by Crippen LogP contribution is 2.19. The van der Waals surface area contributed by atoms with Crippen LogP contribution in [-0.2, 0) is 4.74 Å². The number of hydrogen-bond acceptors (Lipinski definition) is 4. The second kappa shape index (κ2) is 6.11. The Morgan fingerprint density at radius 1 is 1.56 bits per heavy atom. The van der Waals surface area contributed by atoms with Crippen LogP contribution in [0.4, 0.5) is 5.69 Å². The van der Waals surface area contributed by atoms with Gasteiger partial charge in [-0.1, -0.05) is 6.07 Å². The summed E-state index contributed by atoms with van der Waals surface area (Å²) in [4.78, 5) is 22.1. The number of carbonyl (C=O) groups is 1. The molecular weight excluding hydrogens is 236 g/mol. The molecule has 0 unspecified atom stereocenters. The summed E-state index contributed by atoms with van der Waals surface area (Å²) >= 11 is 0. The number of nitro groups is 1. The Balaban J connectivity index is 2.87. The van der Waals surface area contributed by atoms with Gasteiger partial charge in [0.1, 0.15) is 0 Å². The minimum Gasteiger partial charge on any atom is -0.383 e. The predicted octanol–water partition coefficient (Wildman–Crippen LogP) is 1.67. The lowest BCUT2D eigenvalue weighted by Gasteiger charge is -2.12. The van der Waals surface area contributed by atoms with Crippen LogP contribution in [-0.4, -0.2) is 30.6 Å². The van der Waals surface area contributed by atoms with Crippen LogP contribution in [0.25, 0.3) is 0 Å². The number of rotatable bonds is 5. The summed E-state index contributed by atoms with van der Waals surface area (Å²) in [6, 6.07) is 4.26. The lowest BCUT2D eigenvalue weighted by atomic mass is 10.1.